The van der Waals surface area contributed by atoms with Crippen molar-refractivity contribution < 1.29 is 14.0 Å². The van der Waals surface area contributed by atoms with Crippen molar-refractivity contribution in [1.29, 1.82) is 0 Å². The SMILES string of the molecule is CC(=O)c1ccc(N2CCN(C(=O)CC34CC5CC(CC(Br)(C5)C3)C4)CC2)c(F)c1. The number of halogens is 2. The molecule has 1 amide bonds. The lowest BCUT2D eigenvalue weighted by molar-refractivity contribution is -0.138. The predicted octanol–water partition coefficient (Wildman–Crippen LogP) is 4.80. The van der Waals surface area contributed by atoms with Crippen molar-refractivity contribution >= 4 is 33.3 Å². The Morgan fingerprint density at radius 1 is 1.10 bits per heavy atom. The second-order valence-corrected chi connectivity index (χ2v) is 12.1. The molecule has 0 spiro atoms. The predicted molar refractivity (Wildman–Crippen MR) is 119 cm³/mol. The zero-order chi connectivity index (χ0) is 21.1. The lowest BCUT2D eigenvalue weighted by Crippen LogP contribution is -2.55. The zero-order valence-electron chi connectivity index (χ0n) is 17.6. The number of anilines is 1. The Hall–Kier alpha value is -1.43. The lowest BCUT2D eigenvalue weighted by Gasteiger charge is -2.60. The van der Waals surface area contributed by atoms with Gasteiger partial charge in [-0.1, -0.05) is 15.9 Å². The Balaban J connectivity index is 1.21. The highest BCUT2D eigenvalue weighted by Gasteiger charge is 2.57. The number of carbonyl (C=O) groups excluding carboxylic acids is 2. The quantitative estimate of drug-likeness (QED) is 0.462. The third-order valence-corrected chi connectivity index (χ3v) is 8.89. The molecule has 4 nitrogen and oxygen atoms in total. The van der Waals surface area contributed by atoms with Crippen LogP contribution >= 0.6 is 15.9 Å². The molecule has 1 aromatic carbocycles. The van der Waals surface area contributed by atoms with E-state index >= 15 is 0 Å². The average Bonchev–Trinajstić information content (AvgIpc) is 2.65. The summed E-state index contributed by atoms with van der Waals surface area (Å²) < 4.78 is 14.8. The normalized spacial score (nSPS) is 35.0. The fourth-order valence-corrected chi connectivity index (χ4v) is 8.66. The Morgan fingerprint density at radius 2 is 1.77 bits per heavy atom. The number of ketones is 1. The van der Waals surface area contributed by atoms with E-state index in [1.807, 2.05) is 9.80 Å². The minimum absolute atomic E-state index is 0.134. The van der Waals surface area contributed by atoms with Crippen molar-refractivity contribution in [3.63, 3.8) is 0 Å². The van der Waals surface area contributed by atoms with Crippen LogP contribution in [0.25, 0.3) is 0 Å². The van der Waals surface area contributed by atoms with Crippen LogP contribution in [0, 0.1) is 23.1 Å². The molecule has 4 bridgehead atoms. The minimum atomic E-state index is -0.362. The second kappa shape index (κ2) is 7.32. The number of carbonyl (C=O) groups is 2. The number of alkyl halides is 1. The van der Waals surface area contributed by atoms with Crippen LogP contribution in [0.3, 0.4) is 0 Å². The number of benzene rings is 1. The molecule has 162 valence electrons. The van der Waals surface area contributed by atoms with E-state index in [1.54, 1.807) is 12.1 Å². The zero-order valence-corrected chi connectivity index (χ0v) is 19.2. The van der Waals surface area contributed by atoms with Crippen LogP contribution in [0.15, 0.2) is 18.2 Å². The molecule has 5 aliphatic rings. The standard InChI is InChI=1S/C24H30BrFN2O2/c1-16(29)19-2-3-21(20(26)9-19)27-4-6-28(7-5-27)22(30)14-23-10-17-8-18(11-23)13-24(25,12-17)15-23/h2-3,9,17-18H,4-8,10-15H2,1H3. The summed E-state index contributed by atoms with van der Waals surface area (Å²) in [5.41, 5.74) is 1.11. The number of Topliss-reactive ketones (excluding diaryl/α,β-unsaturated/α-hetero) is 1. The molecule has 1 heterocycles. The van der Waals surface area contributed by atoms with Crippen molar-refractivity contribution in [3.8, 4) is 0 Å². The largest absolute Gasteiger partial charge is 0.366 e. The molecule has 0 radical (unpaired) electrons. The molecule has 4 aliphatic carbocycles. The molecule has 6 heteroatoms. The van der Waals surface area contributed by atoms with E-state index in [1.165, 1.54) is 45.1 Å². The van der Waals surface area contributed by atoms with Gasteiger partial charge in [-0.3, -0.25) is 9.59 Å². The highest BCUT2D eigenvalue weighted by atomic mass is 79.9. The van der Waals surface area contributed by atoms with Crippen LogP contribution in [-0.4, -0.2) is 47.1 Å². The molecule has 5 fully saturated rings. The number of nitrogens with zero attached hydrogens (tertiary/aromatic N) is 2. The molecule has 1 aliphatic heterocycles. The van der Waals surface area contributed by atoms with Gasteiger partial charge in [-0.2, -0.15) is 0 Å². The second-order valence-electron chi connectivity index (χ2n) is 10.4. The lowest BCUT2D eigenvalue weighted by atomic mass is 9.48. The van der Waals surface area contributed by atoms with Crippen LogP contribution in [-0.2, 0) is 4.79 Å². The molecule has 1 aromatic rings. The smallest absolute Gasteiger partial charge is 0.223 e. The van der Waals surface area contributed by atoms with E-state index in [0.717, 1.165) is 18.3 Å². The van der Waals surface area contributed by atoms with Crippen LogP contribution in [0.4, 0.5) is 10.1 Å². The first-order valence-electron chi connectivity index (χ1n) is 11.3. The monoisotopic (exact) mass is 476 g/mol. The van der Waals surface area contributed by atoms with E-state index < -0.39 is 0 Å². The fraction of sp³-hybridized carbons (Fsp3) is 0.667. The fourth-order valence-electron chi connectivity index (χ4n) is 7.15. The van der Waals surface area contributed by atoms with E-state index in [0.29, 0.717) is 43.9 Å². The van der Waals surface area contributed by atoms with Crippen molar-refractivity contribution in [2.45, 2.75) is 56.2 Å². The van der Waals surface area contributed by atoms with Crippen molar-refractivity contribution in [2.24, 2.45) is 17.3 Å². The van der Waals surface area contributed by atoms with Crippen molar-refractivity contribution in [3.05, 3.63) is 29.6 Å². The summed E-state index contributed by atoms with van der Waals surface area (Å²) in [6.07, 6.45) is 8.18. The number of hydrogen-bond acceptors (Lipinski definition) is 3. The van der Waals surface area contributed by atoms with Gasteiger partial charge in [-0.05, 0) is 80.9 Å². The number of rotatable bonds is 4. The van der Waals surface area contributed by atoms with E-state index in [2.05, 4.69) is 15.9 Å². The molecule has 0 aromatic heterocycles. The van der Waals surface area contributed by atoms with Gasteiger partial charge in [0.15, 0.2) is 5.78 Å². The summed E-state index contributed by atoms with van der Waals surface area (Å²) in [6.45, 7) is 3.97. The summed E-state index contributed by atoms with van der Waals surface area (Å²) in [4.78, 5) is 28.6. The van der Waals surface area contributed by atoms with Crippen LogP contribution < -0.4 is 4.90 Å². The average molecular weight is 477 g/mol. The Morgan fingerprint density at radius 3 is 2.33 bits per heavy atom. The van der Waals surface area contributed by atoms with Gasteiger partial charge < -0.3 is 9.80 Å². The molecule has 2 unspecified atom stereocenters. The van der Waals surface area contributed by atoms with Gasteiger partial charge in [-0.25, -0.2) is 4.39 Å². The first kappa shape index (κ1) is 20.5. The number of amides is 1. The van der Waals surface area contributed by atoms with Crippen molar-refractivity contribution in [2.75, 3.05) is 31.1 Å². The molecule has 4 saturated carbocycles. The maximum absolute atomic E-state index is 14.5. The van der Waals surface area contributed by atoms with Gasteiger partial charge >= 0.3 is 0 Å². The van der Waals surface area contributed by atoms with E-state index in [-0.39, 0.29) is 27.2 Å². The molecular weight excluding hydrogens is 447 g/mol. The van der Waals surface area contributed by atoms with Gasteiger partial charge in [0.25, 0.3) is 0 Å². The Labute approximate surface area is 186 Å². The van der Waals surface area contributed by atoms with Gasteiger partial charge in [0.05, 0.1) is 5.69 Å². The molecule has 6 rings (SSSR count). The summed E-state index contributed by atoms with van der Waals surface area (Å²) in [7, 11) is 0. The van der Waals surface area contributed by atoms with Crippen molar-refractivity contribution in [1.82, 2.24) is 4.90 Å². The Bertz CT molecular complexity index is 866. The summed E-state index contributed by atoms with van der Waals surface area (Å²) in [6, 6.07) is 4.69. The molecule has 0 N–H and O–H groups in total. The van der Waals surface area contributed by atoms with Gasteiger partial charge in [-0.15, -0.1) is 0 Å². The van der Waals surface area contributed by atoms with Gasteiger partial charge in [0.1, 0.15) is 5.82 Å². The van der Waals surface area contributed by atoms with Crippen LogP contribution in [0.5, 0.6) is 0 Å². The summed E-state index contributed by atoms with van der Waals surface area (Å²) >= 11 is 4.04. The highest BCUT2D eigenvalue weighted by Crippen LogP contribution is 2.65. The van der Waals surface area contributed by atoms with E-state index in [9.17, 15) is 14.0 Å². The van der Waals surface area contributed by atoms with Gasteiger partial charge in [0.2, 0.25) is 5.91 Å². The third-order valence-electron chi connectivity index (χ3n) is 7.96. The summed E-state index contributed by atoms with van der Waals surface area (Å²) in [5, 5.41) is 0. The maximum atomic E-state index is 14.5. The third kappa shape index (κ3) is 3.69. The molecule has 1 saturated heterocycles. The maximum Gasteiger partial charge on any atom is 0.223 e. The topological polar surface area (TPSA) is 40.6 Å². The number of piperazine rings is 1. The van der Waals surface area contributed by atoms with Crippen LogP contribution in [0.1, 0.15) is 62.2 Å². The summed E-state index contributed by atoms with van der Waals surface area (Å²) in [5.74, 6) is 1.36. The first-order valence-corrected chi connectivity index (χ1v) is 12.1. The molecule has 2 atom stereocenters. The van der Waals surface area contributed by atoms with Crippen LogP contribution in [0.2, 0.25) is 0 Å². The molecular formula is C24H30BrFN2O2. The first-order chi connectivity index (χ1) is 14.2. The highest BCUT2D eigenvalue weighted by molar-refractivity contribution is 9.10. The Kier molecular flexibility index (Phi) is 4.99. The van der Waals surface area contributed by atoms with E-state index in [4.69, 9.17) is 0 Å². The van der Waals surface area contributed by atoms with Gasteiger partial charge in [0, 0.05) is 42.5 Å². The number of hydrogen-bond donors (Lipinski definition) is 0. The minimum Gasteiger partial charge on any atom is -0.366 e. The molecule has 30 heavy (non-hydrogen) atoms.